The number of quaternary nitrogens is 1. The van der Waals surface area contributed by atoms with Crippen LogP contribution < -0.4 is 21.1 Å². The van der Waals surface area contributed by atoms with Gasteiger partial charge in [-0.25, -0.2) is 0 Å². The second-order valence-corrected chi connectivity index (χ2v) is 6.41. The van der Waals surface area contributed by atoms with Gasteiger partial charge in [-0.3, -0.25) is 15.6 Å². The van der Waals surface area contributed by atoms with Crippen LogP contribution in [-0.4, -0.2) is 25.1 Å². The van der Waals surface area contributed by atoms with Crippen LogP contribution in [0.4, 0.5) is 5.69 Å². The number of carbonyl (C=O) groups is 1. The first-order chi connectivity index (χ1) is 11.4. The van der Waals surface area contributed by atoms with Crippen LogP contribution in [-0.2, 0) is 6.54 Å². The summed E-state index contributed by atoms with van der Waals surface area (Å²) in [7, 11) is 4.01. The number of anilines is 1. The van der Waals surface area contributed by atoms with E-state index >= 15 is 0 Å². The molecule has 0 aliphatic carbocycles. The zero-order chi connectivity index (χ0) is 17.7. The lowest BCUT2D eigenvalue weighted by Gasteiger charge is -2.13. The Morgan fingerprint density at radius 3 is 2.71 bits per heavy atom. The second kappa shape index (κ2) is 8.14. The quantitative estimate of drug-likeness (QED) is 0.487. The molecule has 6 nitrogen and oxygen atoms in total. The summed E-state index contributed by atoms with van der Waals surface area (Å²) >= 11 is 11.2. The van der Waals surface area contributed by atoms with Crippen molar-refractivity contribution in [3.63, 3.8) is 0 Å². The third-order valence-electron chi connectivity index (χ3n) is 3.22. The fourth-order valence-electron chi connectivity index (χ4n) is 2.01. The Labute approximate surface area is 151 Å². The molecule has 2 aromatic rings. The fourth-order valence-corrected chi connectivity index (χ4v) is 2.35. The minimum absolute atomic E-state index is 0.223. The number of nitrogens with one attached hydrogen (secondary N) is 4. The molecular formula is C16H20ClN4O2S+. The molecule has 4 N–H and O–H groups in total. The first-order valence-corrected chi connectivity index (χ1v) is 8.15. The number of furan rings is 1. The third kappa shape index (κ3) is 4.95. The summed E-state index contributed by atoms with van der Waals surface area (Å²) in [5.41, 5.74) is 6.77. The van der Waals surface area contributed by atoms with Gasteiger partial charge in [-0.15, -0.1) is 0 Å². The molecule has 0 atom stereocenters. The largest absolute Gasteiger partial charge is 0.450 e. The number of hydrogen-bond acceptors (Lipinski definition) is 3. The Morgan fingerprint density at radius 1 is 1.25 bits per heavy atom. The van der Waals surface area contributed by atoms with Crippen LogP contribution >= 0.6 is 23.8 Å². The molecule has 1 aromatic carbocycles. The molecule has 128 valence electrons. The van der Waals surface area contributed by atoms with E-state index in [0.29, 0.717) is 11.6 Å². The van der Waals surface area contributed by atoms with Gasteiger partial charge in [-0.05, 0) is 49.0 Å². The van der Waals surface area contributed by atoms with Gasteiger partial charge in [0, 0.05) is 10.7 Å². The molecule has 2 rings (SSSR count). The average molecular weight is 368 g/mol. The van der Waals surface area contributed by atoms with Crippen molar-refractivity contribution in [3.8, 4) is 0 Å². The van der Waals surface area contributed by atoms with Crippen LogP contribution in [0, 0.1) is 6.92 Å². The van der Waals surface area contributed by atoms with E-state index in [9.17, 15) is 4.79 Å². The summed E-state index contributed by atoms with van der Waals surface area (Å²) in [5, 5.41) is 3.86. The topological polar surface area (TPSA) is 70.7 Å². The number of hydrogen-bond donors (Lipinski definition) is 4. The Morgan fingerprint density at radius 2 is 2.00 bits per heavy atom. The van der Waals surface area contributed by atoms with Gasteiger partial charge >= 0.3 is 5.91 Å². The molecule has 0 spiro atoms. The van der Waals surface area contributed by atoms with Gasteiger partial charge in [0.2, 0.25) is 0 Å². The summed E-state index contributed by atoms with van der Waals surface area (Å²) in [6.07, 6.45) is 0. The van der Waals surface area contributed by atoms with Crippen LogP contribution in [0.1, 0.15) is 21.9 Å². The molecule has 0 unspecified atom stereocenters. The molecule has 1 aromatic heterocycles. The lowest BCUT2D eigenvalue weighted by atomic mass is 10.2. The van der Waals surface area contributed by atoms with Crippen LogP contribution in [0.15, 0.2) is 34.7 Å². The minimum Gasteiger partial charge on any atom is -0.450 e. The number of rotatable bonds is 4. The van der Waals surface area contributed by atoms with E-state index in [2.05, 4.69) is 16.2 Å². The monoisotopic (exact) mass is 367 g/mol. The molecule has 1 heterocycles. The molecule has 0 aliphatic heterocycles. The molecule has 0 bridgehead atoms. The second-order valence-electron chi connectivity index (χ2n) is 5.60. The highest BCUT2D eigenvalue weighted by Gasteiger charge is 2.13. The zero-order valence-electron chi connectivity index (χ0n) is 13.7. The van der Waals surface area contributed by atoms with Crippen molar-refractivity contribution in [1.82, 2.24) is 10.9 Å². The molecule has 0 saturated carbocycles. The number of benzene rings is 1. The van der Waals surface area contributed by atoms with Crippen LogP contribution in [0.5, 0.6) is 0 Å². The van der Waals surface area contributed by atoms with Gasteiger partial charge in [0.05, 0.1) is 14.1 Å². The van der Waals surface area contributed by atoms with E-state index < -0.39 is 5.91 Å². The van der Waals surface area contributed by atoms with Crippen molar-refractivity contribution in [2.24, 2.45) is 0 Å². The van der Waals surface area contributed by atoms with Crippen molar-refractivity contribution in [3.05, 3.63) is 52.4 Å². The molecule has 0 saturated heterocycles. The maximum atomic E-state index is 12.0. The fraction of sp³-hybridized carbons (Fsp3) is 0.250. The van der Waals surface area contributed by atoms with Gasteiger partial charge in [-0.1, -0.05) is 17.7 Å². The van der Waals surface area contributed by atoms with E-state index in [4.69, 9.17) is 28.2 Å². The van der Waals surface area contributed by atoms with Gasteiger partial charge in [0.15, 0.2) is 16.6 Å². The first-order valence-electron chi connectivity index (χ1n) is 7.37. The Hall–Kier alpha value is -2.09. The van der Waals surface area contributed by atoms with E-state index in [-0.39, 0.29) is 10.9 Å². The molecule has 0 fully saturated rings. The van der Waals surface area contributed by atoms with Crippen LogP contribution in [0.3, 0.4) is 0 Å². The molecule has 1 amide bonds. The summed E-state index contributed by atoms with van der Waals surface area (Å²) in [4.78, 5) is 13.2. The van der Waals surface area contributed by atoms with Crippen molar-refractivity contribution >= 4 is 40.5 Å². The van der Waals surface area contributed by atoms with Crippen LogP contribution in [0.25, 0.3) is 0 Å². The van der Waals surface area contributed by atoms with Gasteiger partial charge in [-0.2, -0.15) is 0 Å². The predicted octanol–water partition coefficient (Wildman–Crippen LogP) is 1.52. The van der Waals surface area contributed by atoms with Gasteiger partial charge in [0.25, 0.3) is 0 Å². The Balaban J connectivity index is 1.88. The first kappa shape index (κ1) is 18.3. The van der Waals surface area contributed by atoms with E-state index in [1.165, 1.54) is 4.90 Å². The lowest BCUT2D eigenvalue weighted by Crippen LogP contribution is -3.04. The maximum absolute atomic E-state index is 12.0. The number of amides is 1. The number of carbonyl (C=O) groups excluding carboxylic acids is 1. The SMILES string of the molecule is Cc1c(Cl)cccc1NC(=S)NNC(=O)c1ccc(C[NH+](C)C)o1. The van der Waals surface area contributed by atoms with Crippen molar-refractivity contribution < 1.29 is 14.1 Å². The van der Waals surface area contributed by atoms with Crippen molar-refractivity contribution in [2.75, 3.05) is 19.4 Å². The smallest absolute Gasteiger partial charge is 0.305 e. The highest BCUT2D eigenvalue weighted by atomic mass is 35.5. The highest BCUT2D eigenvalue weighted by molar-refractivity contribution is 7.80. The molecule has 8 heteroatoms. The van der Waals surface area contributed by atoms with E-state index in [1.807, 2.05) is 33.2 Å². The van der Waals surface area contributed by atoms with Crippen LogP contribution in [0.2, 0.25) is 5.02 Å². The zero-order valence-corrected chi connectivity index (χ0v) is 15.3. The molecule has 24 heavy (non-hydrogen) atoms. The molecule has 0 radical (unpaired) electrons. The average Bonchev–Trinajstić information content (AvgIpc) is 2.97. The summed E-state index contributed by atoms with van der Waals surface area (Å²) in [6, 6.07) is 8.88. The molecular weight excluding hydrogens is 348 g/mol. The minimum atomic E-state index is -0.401. The number of halogens is 1. The Bertz CT molecular complexity index is 745. The summed E-state index contributed by atoms with van der Waals surface area (Å²) in [5.74, 6) is 0.567. The lowest BCUT2D eigenvalue weighted by molar-refractivity contribution is -0.873. The van der Waals surface area contributed by atoms with E-state index in [0.717, 1.165) is 17.0 Å². The Kier molecular flexibility index (Phi) is 6.19. The predicted molar refractivity (Wildman–Crippen MR) is 98.2 cm³/mol. The molecule has 0 aliphatic rings. The number of hydrazine groups is 1. The maximum Gasteiger partial charge on any atom is 0.305 e. The third-order valence-corrected chi connectivity index (χ3v) is 3.83. The van der Waals surface area contributed by atoms with Gasteiger partial charge < -0.3 is 14.6 Å². The summed E-state index contributed by atoms with van der Waals surface area (Å²) < 4.78 is 5.49. The summed E-state index contributed by atoms with van der Waals surface area (Å²) in [6.45, 7) is 2.58. The normalized spacial score (nSPS) is 10.5. The van der Waals surface area contributed by atoms with Crippen molar-refractivity contribution in [2.45, 2.75) is 13.5 Å². The number of thiocarbonyl (C=S) groups is 1. The highest BCUT2D eigenvalue weighted by Crippen LogP contribution is 2.22. The van der Waals surface area contributed by atoms with E-state index in [1.54, 1.807) is 18.2 Å². The van der Waals surface area contributed by atoms with Crippen molar-refractivity contribution in [1.29, 1.82) is 0 Å². The van der Waals surface area contributed by atoms with Gasteiger partial charge in [0.1, 0.15) is 6.54 Å². The standard InChI is InChI=1S/C16H19ClN4O2S/c1-10-12(17)5-4-6-13(10)18-16(24)20-19-15(22)14-8-7-11(23-14)9-21(2)3/h4-8H,9H2,1-3H3,(H,19,22)(H2,18,20,24)/p+1.